The first kappa shape index (κ1) is 8.52. The molecule has 1 saturated heterocycles. The lowest BCUT2D eigenvalue weighted by molar-refractivity contribution is 0.302. The van der Waals surface area contributed by atoms with E-state index in [1.165, 1.54) is 25.9 Å². The highest BCUT2D eigenvalue weighted by Gasteiger charge is 2.46. The van der Waals surface area contributed by atoms with Crippen molar-refractivity contribution in [2.45, 2.75) is 32.7 Å². The van der Waals surface area contributed by atoms with E-state index in [0.29, 0.717) is 11.5 Å². The Balaban J connectivity index is 1.75. The van der Waals surface area contributed by atoms with Crippen molar-refractivity contribution in [3.05, 3.63) is 0 Å². The Labute approximate surface area is 75.1 Å². The molecule has 2 aliphatic rings. The van der Waals surface area contributed by atoms with E-state index in [0.717, 1.165) is 12.5 Å². The van der Waals surface area contributed by atoms with Crippen LogP contribution in [-0.4, -0.2) is 30.6 Å². The van der Waals surface area contributed by atoms with Gasteiger partial charge in [-0.3, -0.25) is 0 Å². The van der Waals surface area contributed by atoms with Crippen molar-refractivity contribution in [2.24, 2.45) is 17.1 Å². The first-order valence-electron chi connectivity index (χ1n) is 5.06. The zero-order valence-electron chi connectivity index (χ0n) is 8.21. The summed E-state index contributed by atoms with van der Waals surface area (Å²) in [6.45, 7) is 8.39. The van der Waals surface area contributed by atoms with E-state index in [9.17, 15) is 0 Å². The molecule has 0 aromatic carbocycles. The fourth-order valence-electron chi connectivity index (χ4n) is 2.23. The first-order chi connectivity index (χ1) is 5.58. The molecule has 12 heavy (non-hydrogen) atoms. The van der Waals surface area contributed by atoms with Crippen molar-refractivity contribution in [1.29, 1.82) is 0 Å². The predicted molar refractivity (Wildman–Crippen MR) is 50.9 cm³/mol. The zero-order chi connectivity index (χ0) is 8.77. The summed E-state index contributed by atoms with van der Waals surface area (Å²) in [4.78, 5) is 2.53. The molecule has 0 amide bonds. The van der Waals surface area contributed by atoms with Gasteiger partial charge in [0, 0.05) is 19.1 Å². The number of nitrogens with two attached hydrogens (primary N) is 1. The summed E-state index contributed by atoms with van der Waals surface area (Å²) in [5, 5.41) is 0. The Morgan fingerprint density at radius 3 is 2.58 bits per heavy atom. The maximum absolute atomic E-state index is 5.85. The zero-order valence-corrected chi connectivity index (χ0v) is 8.21. The highest BCUT2D eigenvalue weighted by atomic mass is 15.2. The molecule has 2 rings (SSSR count). The molecule has 0 bridgehead atoms. The fraction of sp³-hybridized carbons (Fsp3) is 1.00. The van der Waals surface area contributed by atoms with E-state index in [4.69, 9.17) is 5.73 Å². The average molecular weight is 168 g/mol. The highest BCUT2D eigenvalue weighted by molar-refractivity contribution is 4.97. The molecular formula is C10H20N2. The third kappa shape index (κ3) is 1.64. The van der Waals surface area contributed by atoms with Gasteiger partial charge in [0.15, 0.2) is 0 Å². The van der Waals surface area contributed by atoms with E-state index < -0.39 is 0 Å². The van der Waals surface area contributed by atoms with Crippen LogP contribution in [0.25, 0.3) is 0 Å². The molecular weight excluding hydrogens is 148 g/mol. The molecule has 70 valence electrons. The minimum absolute atomic E-state index is 0.451. The van der Waals surface area contributed by atoms with Gasteiger partial charge in [0.2, 0.25) is 0 Å². The number of nitrogens with zero attached hydrogens (tertiary/aromatic N) is 1. The summed E-state index contributed by atoms with van der Waals surface area (Å²) < 4.78 is 0. The molecule has 0 aromatic heterocycles. The van der Waals surface area contributed by atoms with Crippen LogP contribution in [-0.2, 0) is 0 Å². The van der Waals surface area contributed by atoms with E-state index in [1.807, 2.05) is 0 Å². The molecule has 1 saturated carbocycles. The van der Waals surface area contributed by atoms with Gasteiger partial charge >= 0.3 is 0 Å². The third-order valence-corrected chi connectivity index (χ3v) is 3.50. The predicted octanol–water partition coefficient (Wildman–Crippen LogP) is 1.07. The van der Waals surface area contributed by atoms with E-state index >= 15 is 0 Å². The van der Waals surface area contributed by atoms with Crippen molar-refractivity contribution < 1.29 is 0 Å². The minimum atomic E-state index is 0.451. The lowest BCUT2D eigenvalue weighted by Crippen LogP contribution is -2.28. The molecule has 1 heterocycles. The molecule has 2 N–H and O–H groups in total. The Morgan fingerprint density at radius 2 is 2.17 bits per heavy atom. The van der Waals surface area contributed by atoms with E-state index in [1.54, 1.807) is 0 Å². The molecule has 0 radical (unpaired) electrons. The number of rotatable bonds is 2. The monoisotopic (exact) mass is 168 g/mol. The molecule has 2 heteroatoms. The minimum Gasteiger partial charge on any atom is -0.326 e. The standard InChI is InChI=1S/C10H20N2/c1-10(2)5-8(10)6-12-4-3-9(11)7-12/h8-9H,3-7,11H2,1-2H3. The Morgan fingerprint density at radius 1 is 1.50 bits per heavy atom. The first-order valence-corrected chi connectivity index (χ1v) is 5.06. The number of hydrogen-bond donors (Lipinski definition) is 1. The molecule has 2 unspecified atom stereocenters. The van der Waals surface area contributed by atoms with Crippen LogP contribution in [0.5, 0.6) is 0 Å². The topological polar surface area (TPSA) is 29.3 Å². The average Bonchev–Trinajstić information content (AvgIpc) is 2.41. The summed E-state index contributed by atoms with van der Waals surface area (Å²) in [7, 11) is 0. The van der Waals surface area contributed by atoms with Crippen molar-refractivity contribution in [3.8, 4) is 0 Å². The number of likely N-dealkylation sites (tertiary alicyclic amines) is 1. The lowest BCUT2D eigenvalue weighted by Gasteiger charge is -2.15. The second-order valence-corrected chi connectivity index (χ2v) is 5.20. The van der Waals surface area contributed by atoms with E-state index in [-0.39, 0.29) is 0 Å². The SMILES string of the molecule is CC1(C)CC1CN1CCC(N)C1. The van der Waals surface area contributed by atoms with Gasteiger partial charge in [-0.1, -0.05) is 13.8 Å². The van der Waals surface area contributed by atoms with Crippen LogP contribution in [0.3, 0.4) is 0 Å². The van der Waals surface area contributed by atoms with Gasteiger partial charge < -0.3 is 10.6 Å². The van der Waals surface area contributed by atoms with Gasteiger partial charge in [-0.2, -0.15) is 0 Å². The largest absolute Gasteiger partial charge is 0.326 e. The smallest absolute Gasteiger partial charge is 0.0180 e. The lowest BCUT2D eigenvalue weighted by atomic mass is 10.1. The van der Waals surface area contributed by atoms with Crippen LogP contribution < -0.4 is 5.73 Å². The molecule has 1 aliphatic heterocycles. The van der Waals surface area contributed by atoms with Crippen molar-refractivity contribution in [3.63, 3.8) is 0 Å². The molecule has 2 fully saturated rings. The summed E-state index contributed by atoms with van der Waals surface area (Å²) in [6, 6.07) is 0.451. The van der Waals surface area contributed by atoms with Crippen LogP contribution in [0.1, 0.15) is 26.7 Å². The Hall–Kier alpha value is -0.0800. The van der Waals surface area contributed by atoms with Gasteiger partial charge in [0.25, 0.3) is 0 Å². The molecule has 0 spiro atoms. The molecule has 2 nitrogen and oxygen atoms in total. The fourth-order valence-corrected chi connectivity index (χ4v) is 2.23. The van der Waals surface area contributed by atoms with Crippen LogP contribution in [0.2, 0.25) is 0 Å². The summed E-state index contributed by atoms with van der Waals surface area (Å²) >= 11 is 0. The van der Waals surface area contributed by atoms with Gasteiger partial charge in [-0.15, -0.1) is 0 Å². The van der Waals surface area contributed by atoms with Crippen LogP contribution in [0.4, 0.5) is 0 Å². The van der Waals surface area contributed by atoms with Crippen molar-refractivity contribution >= 4 is 0 Å². The van der Waals surface area contributed by atoms with Gasteiger partial charge in [-0.25, -0.2) is 0 Å². The quantitative estimate of drug-likeness (QED) is 0.668. The highest BCUT2D eigenvalue weighted by Crippen LogP contribution is 2.51. The second-order valence-electron chi connectivity index (χ2n) is 5.20. The molecule has 2 atom stereocenters. The Bertz CT molecular complexity index is 177. The van der Waals surface area contributed by atoms with Crippen molar-refractivity contribution in [2.75, 3.05) is 19.6 Å². The van der Waals surface area contributed by atoms with Crippen molar-refractivity contribution in [1.82, 2.24) is 4.90 Å². The van der Waals surface area contributed by atoms with Crippen LogP contribution >= 0.6 is 0 Å². The second kappa shape index (κ2) is 2.71. The number of hydrogen-bond acceptors (Lipinski definition) is 2. The maximum Gasteiger partial charge on any atom is 0.0180 e. The molecule has 1 aliphatic carbocycles. The molecule has 0 aromatic rings. The van der Waals surface area contributed by atoms with Gasteiger partial charge in [-0.05, 0) is 30.7 Å². The van der Waals surface area contributed by atoms with E-state index in [2.05, 4.69) is 18.7 Å². The van der Waals surface area contributed by atoms with Gasteiger partial charge in [0.1, 0.15) is 0 Å². The summed E-state index contributed by atoms with van der Waals surface area (Å²) in [6.07, 6.45) is 2.62. The maximum atomic E-state index is 5.85. The summed E-state index contributed by atoms with van der Waals surface area (Å²) in [5.41, 5.74) is 6.48. The van der Waals surface area contributed by atoms with Crippen LogP contribution in [0.15, 0.2) is 0 Å². The normalized spacial score (nSPS) is 40.2. The Kier molecular flexibility index (Phi) is 1.92. The summed E-state index contributed by atoms with van der Waals surface area (Å²) in [5.74, 6) is 0.947. The third-order valence-electron chi connectivity index (χ3n) is 3.50. The van der Waals surface area contributed by atoms with Crippen LogP contribution in [0, 0.1) is 11.3 Å². The van der Waals surface area contributed by atoms with Gasteiger partial charge in [0.05, 0.1) is 0 Å².